The molecule has 17 heavy (non-hydrogen) atoms. The number of nitrogens with zero attached hydrogens (tertiary/aromatic N) is 2. The van der Waals surface area contributed by atoms with Crippen LogP contribution in [0.1, 0.15) is 0 Å². The summed E-state index contributed by atoms with van der Waals surface area (Å²) < 4.78 is 10.6. The zero-order valence-electron chi connectivity index (χ0n) is 8.64. The van der Waals surface area contributed by atoms with Gasteiger partial charge in [-0.15, -0.1) is 0 Å². The van der Waals surface area contributed by atoms with Crippen molar-refractivity contribution >= 4 is 30.9 Å². The fraction of sp³-hybridized carbons (Fsp3) is 0. The second-order valence-corrected chi connectivity index (χ2v) is 3.81. The van der Waals surface area contributed by atoms with Gasteiger partial charge < -0.3 is 9.31 Å². The van der Waals surface area contributed by atoms with Crippen molar-refractivity contribution in [1.29, 1.82) is 0 Å². The lowest BCUT2D eigenvalue weighted by atomic mass is 10.3. The summed E-state index contributed by atoms with van der Waals surface area (Å²) in [7, 11) is 0.0562. The minimum atomic E-state index is 0.0562. The van der Waals surface area contributed by atoms with Crippen LogP contribution in [0, 0.1) is 0 Å². The minimum Gasteiger partial charge on any atom is -0.528 e. The molecule has 0 atom stereocenters. The van der Waals surface area contributed by atoms with Gasteiger partial charge in [-0.1, -0.05) is 23.2 Å². The summed E-state index contributed by atoms with van der Waals surface area (Å²) in [6.45, 7) is 0. The molecule has 0 saturated carbocycles. The molecule has 2 heterocycles. The third-order valence-corrected chi connectivity index (χ3v) is 2.26. The third kappa shape index (κ3) is 3.80. The summed E-state index contributed by atoms with van der Waals surface area (Å²) in [6, 6.07) is 6.58. The van der Waals surface area contributed by atoms with Gasteiger partial charge in [0.15, 0.2) is 0 Å². The molecule has 2 aromatic heterocycles. The number of hydrogen-bond acceptors (Lipinski definition) is 4. The molecule has 0 amide bonds. The van der Waals surface area contributed by atoms with E-state index in [0.29, 0.717) is 21.8 Å². The Bertz CT molecular complexity index is 468. The summed E-state index contributed by atoms with van der Waals surface area (Å²) >= 11 is 11.4. The molecule has 2 rings (SSSR count). The maximum absolute atomic E-state index is 5.70. The number of halogens is 2. The summed E-state index contributed by atoms with van der Waals surface area (Å²) in [5.74, 6) is 1.18. The maximum atomic E-state index is 5.70. The predicted molar refractivity (Wildman–Crippen MR) is 66.9 cm³/mol. The van der Waals surface area contributed by atoms with E-state index < -0.39 is 0 Å². The molecule has 0 fully saturated rings. The summed E-state index contributed by atoms with van der Waals surface area (Å²) in [6.07, 6.45) is 3.11. The van der Waals surface area contributed by atoms with E-state index in [1.807, 2.05) is 0 Å². The van der Waals surface area contributed by atoms with Gasteiger partial charge in [-0.25, -0.2) is 9.97 Å². The van der Waals surface area contributed by atoms with Crippen LogP contribution in [0.3, 0.4) is 0 Å². The molecule has 4 nitrogen and oxygen atoms in total. The number of hydrogen-bond donors (Lipinski definition) is 0. The topological polar surface area (TPSA) is 44.2 Å². The van der Waals surface area contributed by atoms with Gasteiger partial charge in [-0.2, -0.15) is 0 Å². The van der Waals surface area contributed by atoms with Crippen LogP contribution in [-0.2, 0) is 0 Å². The van der Waals surface area contributed by atoms with Crippen molar-refractivity contribution in [3.8, 4) is 11.5 Å². The Kier molecular flexibility index (Phi) is 4.06. The Hall–Kier alpha value is -1.46. The fourth-order valence-electron chi connectivity index (χ4n) is 1.11. The Morgan fingerprint density at radius 2 is 1.35 bits per heavy atom. The Labute approximate surface area is 109 Å². The van der Waals surface area contributed by atoms with E-state index >= 15 is 0 Å². The molecule has 0 spiro atoms. The monoisotopic (exact) mass is 268 g/mol. The molecule has 0 unspecified atom stereocenters. The van der Waals surface area contributed by atoms with Crippen LogP contribution in [0.2, 0.25) is 10.3 Å². The van der Waals surface area contributed by atoms with Gasteiger partial charge in [0.25, 0.3) is 0 Å². The van der Waals surface area contributed by atoms with Gasteiger partial charge in [-0.05, 0) is 12.1 Å². The molecule has 0 aliphatic rings. The zero-order chi connectivity index (χ0) is 12.1. The molecular weight excluding hydrogens is 262 g/mol. The van der Waals surface area contributed by atoms with Crippen LogP contribution in [-0.4, -0.2) is 17.7 Å². The first kappa shape index (κ1) is 12.0. The van der Waals surface area contributed by atoms with Crippen molar-refractivity contribution in [3.05, 3.63) is 47.0 Å². The van der Waals surface area contributed by atoms with Crippen molar-refractivity contribution in [2.75, 3.05) is 0 Å². The third-order valence-electron chi connectivity index (χ3n) is 1.85. The first-order valence-electron chi connectivity index (χ1n) is 4.73. The molecular formula is C10H7BCl2N2O2. The molecule has 7 heteroatoms. The quantitative estimate of drug-likeness (QED) is 0.631. The van der Waals surface area contributed by atoms with Gasteiger partial charge >= 0.3 is 7.69 Å². The summed E-state index contributed by atoms with van der Waals surface area (Å²) in [4.78, 5) is 7.67. The highest BCUT2D eigenvalue weighted by Crippen LogP contribution is 2.16. The highest BCUT2D eigenvalue weighted by Gasteiger charge is 2.01. The average molecular weight is 269 g/mol. The largest absolute Gasteiger partial charge is 0.576 e. The average Bonchev–Trinajstić information content (AvgIpc) is 2.29. The highest BCUT2D eigenvalue weighted by molar-refractivity contribution is 6.30. The smallest absolute Gasteiger partial charge is 0.528 e. The number of aromatic nitrogens is 2. The number of rotatable bonds is 4. The van der Waals surface area contributed by atoms with Gasteiger partial charge in [-0.3, -0.25) is 0 Å². The van der Waals surface area contributed by atoms with E-state index in [0.717, 1.165) is 0 Å². The molecule has 0 bridgehead atoms. The van der Waals surface area contributed by atoms with E-state index in [9.17, 15) is 0 Å². The minimum absolute atomic E-state index is 0.0562. The fourth-order valence-corrected chi connectivity index (χ4v) is 1.44. The van der Waals surface area contributed by atoms with Crippen molar-refractivity contribution in [2.24, 2.45) is 0 Å². The Morgan fingerprint density at radius 1 is 0.882 bits per heavy atom. The van der Waals surface area contributed by atoms with E-state index in [1.54, 1.807) is 36.7 Å². The van der Waals surface area contributed by atoms with E-state index in [2.05, 4.69) is 9.97 Å². The zero-order valence-corrected chi connectivity index (χ0v) is 10.1. The molecule has 0 aliphatic carbocycles. The molecule has 0 saturated heterocycles. The van der Waals surface area contributed by atoms with Gasteiger partial charge in [0, 0.05) is 24.5 Å². The van der Waals surface area contributed by atoms with Crippen LogP contribution >= 0.6 is 23.2 Å². The predicted octanol–water partition coefficient (Wildman–Crippen LogP) is 2.51. The lowest BCUT2D eigenvalue weighted by Gasteiger charge is -2.07. The molecule has 0 radical (unpaired) electrons. The Balaban J connectivity index is 1.87. The SMILES string of the molecule is Clc1cc(OBOc2ccnc(Cl)c2)ccn1. The van der Waals surface area contributed by atoms with Crippen molar-refractivity contribution in [3.63, 3.8) is 0 Å². The second-order valence-electron chi connectivity index (χ2n) is 3.04. The molecule has 0 N–H and O–H groups in total. The maximum Gasteiger partial charge on any atom is 0.576 e. The van der Waals surface area contributed by atoms with Crippen LogP contribution in [0.4, 0.5) is 0 Å². The highest BCUT2D eigenvalue weighted by atomic mass is 35.5. The molecule has 2 aromatic rings. The van der Waals surface area contributed by atoms with Crippen LogP contribution < -0.4 is 9.31 Å². The van der Waals surface area contributed by atoms with E-state index in [-0.39, 0.29) is 7.69 Å². The second kappa shape index (κ2) is 5.75. The van der Waals surface area contributed by atoms with Gasteiger partial charge in [0.2, 0.25) is 0 Å². The van der Waals surface area contributed by atoms with Crippen LogP contribution in [0.15, 0.2) is 36.7 Å². The van der Waals surface area contributed by atoms with Crippen LogP contribution in [0.5, 0.6) is 11.5 Å². The van der Waals surface area contributed by atoms with Crippen molar-refractivity contribution in [1.82, 2.24) is 9.97 Å². The molecule has 86 valence electrons. The first-order chi connectivity index (χ1) is 8.24. The molecule has 0 aliphatic heterocycles. The Morgan fingerprint density at radius 3 is 1.76 bits per heavy atom. The standard InChI is InChI=1S/C10H7BCl2N2O2/c12-9-5-7(1-3-14-9)16-11-17-8-2-4-15-10(13)6-8/h1-6,11H. The first-order valence-corrected chi connectivity index (χ1v) is 5.48. The number of pyridine rings is 2. The van der Waals surface area contributed by atoms with Gasteiger partial charge in [0.1, 0.15) is 21.8 Å². The van der Waals surface area contributed by atoms with Crippen molar-refractivity contribution < 1.29 is 9.31 Å². The van der Waals surface area contributed by atoms with E-state index in [1.165, 1.54) is 0 Å². The van der Waals surface area contributed by atoms with Crippen LogP contribution in [0.25, 0.3) is 0 Å². The van der Waals surface area contributed by atoms with Crippen molar-refractivity contribution in [2.45, 2.75) is 0 Å². The molecule has 0 aromatic carbocycles. The lowest BCUT2D eigenvalue weighted by molar-refractivity contribution is 0.458. The lowest BCUT2D eigenvalue weighted by Crippen LogP contribution is -2.10. The normalized spacial score (nSPS) is 9.76. The van der Waals surface area contributed by atoms with E-state index in [4.69, 9.17) is 32.5 Å². The summed E-state index contributed by atoms with van der Waals surface area (Å²) in [5.41, 5.74) is 0. The van der Waals surface area contributed by atoms with Gasteiger partial charge in [0.05, 0.1) is 0 Å². The summed E-state index contributed by atoms with van der Waals surface area (Å²) in [5, 5.41) is 0.740.